The average Bonchev–Trinajstić information content (AvgIpc) is 2.96. The Morgan fingerprint density at radius 1 is 0.571 bits per heavy atom. The van der Waals surface area contributed by atoms with Crippen LogP contribution in [0.3, 0.4) is 0 Å². The minimum atomic E-state index is -3.59. The molecule has 0 aromatic heterocycles. The van der Waals surface area contributed by atoms with Gasteiger partial charge in [0.05, 0.1) is 26.4 Å². The molecule has 49 heavy (non-hydrogen) atoms. The Bertz CT molecular complexity index is 1140. The van der Waals surface area contributed by atoms with Crippen LogP contribution in [0, 0.1) is 10.8 Å². The third-order valence-electron chi connectivity index (χ3n) is 7.44. The fourth-order valence-electron chi connectivity index (χ4n) is 5.58. The van der Waals surface area contributed by atoms with Crippen molar-refractivity contribution < 1.29 is 36.9 Å². The zero-order valence-corrected chi connectivity index (χ0v) is 36.4. The van der Waals surface area contributed by atoms with Gasteiger partial charge >= 0.3 is 15.2 Å². The van der Waals surface area contributed by atoms with E-state index in [2.05, 4.69) is 0 Å². The molecule has 1 aromatic carbocycles. The van der Waals surface area contributed by atoms with Crippen molar-refractivity contribution in [3.63, 3.8) is 0 Å². The molecular formula is C37H74N2O8P2. The molecule has 0 saturated carbocycles. The third kappa shape index (κ3) is 14.0. The van der Waals surface area contributed by atoms with Crippen molar-refractivity contribution in [2.75, 3.05) is 26.4 Å². The highest BCUT2D eigenvalue weighted by Crippen LogP contribution is 2.62. The highest BCUT2D eigenvalue weighted by atomic mass is 31.2. The van der Waals surface area contributed by atoms with Crippen LogP contribution >= 0.6 is 15.2 Å². The zero-order valence-electron chi connectivity index (χ0n) is 34.6. The SMILES string of the molecule is CC.CCOP(=O)(OCC)C(N(OC(C)c1ccc(C(C)ON(C(C(C)(C)C)P(=O)(OCC)OCC)C(C)(C)C)cc1)C(C)C)C(C)(C)C. The molecule has 4 atom stereocenters. The lowest BCUT2D eigenvalue weighted by atomic mass is 9.94. The third-order valence-corrected chi connectivity index (χ3v) is 13.1. The van der Waals surface area contributed by atoms with Gasteiger partial charge in [-0.05, 0) is 98.1 Å². The number of hydroxylamine groups is 4. The molecule has 0 spiro atoms. The monoisotopic (exact) mass is 736 g/mol. The van der Waals surface area contributed by atoms with Gasteiger partial charge in [0.2, 0.25) is 0 Å². The smallest absolute Gasteiger partial charge is 0.308 e. The quantitative estimate of drug-likeness (QED) is 0.101. The van der Waals surface area contributed by atoms with E-state index < -0.39 is 43.1 Å². The van der Waals surface area contributed by atoms with Gasteiger partial charge in [0, 0.05) is 11.6 Å². The highest BCUT2D eigenvalue weighted by Gasteiger charge is 2.52. The molecule has 0 bridgehead atoms. The Balaban J connectivity index is 0.0000113. The Hall–Kier alpha value is -0.640. The topological polar surface area (TPSA) is 96.0 Å². The summed E-state index contributed by atoms with van der Waals surface area (Å²) < 4.78 is 51.7. The number of benzene rings is 1. The fraction of sp³-hybridized carbons (Fsp3) is 0.838. The van der Waals surface area contributed by atoms with Gasteiger partial charge in [-0.25, -0.2) is 0 Å². The maximum atomic E-state index is 14.2. The summed E-state index contributed by atoms with van der Waals surface area (Å²) in [6, 6.07) is 7.96. The first-order valence-electron chi connectivity index (χ1n) is 18.2. The first-order valence-corrected chi connectivity index (χ1v) is 21.4. The van der Waals surface area contributed by atoms with Crippen LogP contribution in [-0.2, 0) is 36.9 Å². The molecular weight excluding hydrogens is 662 g/mol. The van der Waals surface area contributed by atoms with Gasteiger partial charge in [-0.15, -0.1) is 0 Å². The van der Waals surface area contributed by atoms with Crippen LogP contribution in [0.25, 0.3) is 0 Å². The number of hydrogen-bond donors (Lipinski definition) is 0. The van der Waals surface area contributed by atoms with Gasteiger partial charge in [-0.2, -0.15) is 10.1 Å². The molecule has 0 fully saturated rings. The fourth-order valence-corrected chi connectivity index (χ4v) is 10.9. The number of hydrogen-bond acceptors (Lipinski definition) is 10. The summed E-state index contributed by atoms with van der Waals surface area (Å²) in [5.41, 5.74) is 0.393. The number of rotatable bonds is 19. The van der Waals surface area contributed by atoms with Crippen LogP contribution in [-0.4, -0.2) is 59.7 Å². The molecule has 0 aliphatic rings. The first kappa shape index (κ1) is 48.4. The van der Waals surface area contributed by atoms with Crippen molar-refractivity contribution in [1.82, 2.24) is 10.1 Å². The van der Waals surface area contributed by atoms with Gasteiger partial charge in [-0.1, -0.05) is 79.7 Å². The normalized spacial score (nSPS) is 16.0. The Kier molecular flexibility index (Phi) is 20.3. The summed E-state index contributed by atoms with van der Waals surface area (Å²) in [6.45, 7) is 38.6. The second-order valence-corrected chi connectivity index (χ2v) is 19.5. The van der Waals surface area contributed by atoms with Gasteiger partial charge in [-0.3, -0.25) is 18.8 Å². The lowest BCUT2D eigenvalue weighted by Gasteiger charge is -2.48. The molecule has 290 valence electrons. The van der Waals surface area contributed by atoms with Crippen molar-refractivity contribution in [3.8, 4) is 0 Å². The van der Waals surface area contributed by atoms with Crippen LogP contribution in [0.1, 0.15) is 155 Å². The van der Waals surface area contributed by atoms with Crippen molar-refractivity contribution in [1.29, 1.82) is 0 Å². The molecule has 0 heterocycles. The molecule has 1 rings (SSSR count). The summed E-state index contributed by atoms with van der Waals surface area (Å²) in [5.74, 6) is -1.29. The van der Waals surface area contributed by atoms with Gasteiger partial charge in [0.1, 0.15) is 23.8 Å². The molecule has 0 radical (unpaired) electrons. The summed E-state index contributed by atoms with van der Waals surface area (Å²) in [5, 5.41) is 3.60. The van der Waals surface area contributed by atoms with E-state index in [9.17, 15) is 9.13 Å². The minimum absolute atomic E-state index is 0.105. The first-order chi connectivity index (χ1) is 22.4. The molecule has 0 saturated heterocycles. The number of nitrogens with zero attached hydrogens (tertiary/aromatic N) is 2. The minimum Gasteiger partial charge on any atom is -0.308 e. The van der Waals surface area contributed by atoms with Crippen LogP contribution in [0.15, 0.2) is 24.3 Å². The van der Waals surface area contributed by atoms with E-state index in [1.807, 2.05) is 161 Å². The van der Waals surface area contributed by atoms with Crippen LogP contribution in [0.5, 0.6) is 0 Å². The van der Waals surface area contributed by atoms with Crippen molar-refractivity contribution in [3.05, 3.63) is 35.4 Å². The van der Waals surface area contributed by atoms with E-state index in [1.165, 1.54) is 0 Å². The molecule has 0 N–H and O–H groups in total. The standard InChI is InChI=1S/C35H68N2O8P2.C2H6/c1-18-40-46(38,41-19-2)31(33(9,10)11)36(26(5)6)44-27(7)29-22-24-30(25-23-29)28(8)45-37(35(15,16)17)32(34(12,13)14)47(39,42-20-3)43-21-4;1-2/h22-28,31-32H,18-21H2,1-17H3;1-2H3. The molecule has 10 nitrogen and oxygen atoms in total. The maximum absolute atomic E-state index is 14.2. The predicted molar refractivity (Wildman–Crippen MR) is 204 cm³/mol. The Morgan fingerprint density at radius 2 is 0.878 bits per heavy atom. The van der Waals surface area contributed by atoms with Crippen molar-refractivity contribution in [2.24, 2.45) is 10.8 Å². The largest absolute Gasteiger partial charge is 0.350 e. The van der Waals surface area contributed by atoms with Crippen LogP contribution < -0.4 is 0 Å². The highest BCUT2D eigenvalue weighted by molar-refractivity contribution is 7.55. The van der Waals surface area contributed by atoms with E-state index in [4.69, 9.17) is 27.8 Å². The molecule has 0 aliphatic carbocycles. The van der Waals surface area contributed by atoms with Crippen molar-refractivity contribution >= 4 is 15.2 Å². The Morgan fingerprint density at radius 3 is 1.14 bits per heavy atom. The van der Waals surface area contributed by atoms with Gasteiger partial charge < -0.3 is 18.1 Å². The van der Waals surface area contributed by atoms with Crippen molar-refractivity contribution in [2.45, 2.75) is 167 Å². The lowest BCUT2D eigenvalue weighted by molar-refractivity contribution is -0.264. The maximum Gasteiger partial charge on any atom is 0.350 e. The van der Waals surface area contributed by atoms with E-state index >= 15 is 0 Å². The molecule has 12 heteroatoms. The summed E-state index contributed by atoms with van der Waals surface area (Å²) in [6.07, 6.45) is -0.731. The predicted octanol–water partition coefficient (Wildman–Crippen LogP) is 11.8. The zero-order chi connectivity index (χ0) is 38.6. The second kappa shape index (κ2) is 20.6. The van der Waals surface area contributed by atoms with E-state index in [0.717, 1.165) is 11.1 Å². The van der Waals surface area contributed by atoms with Gasteiger partial charge in [0.15, 0.2) is 0 Å². The lowest BCUT2D eigenvalue weighted by Crippen LogP contribution is -2.53. The average molecular weight is 737 g/mol. The molecule has 1 aromatic rings. The van der Waals surface area contributed by atoms with Crippen LogP contribution in [0.4, 0.5) is 0 Å². The van der Waals surface area contributed by atoms with E-state index in [1.54, 1.807) is 5.06 Å². The summed E-state index contributed by atoms with van der Waals surface area (Å²) in [4.78, 5) is 13.3. The second-order valence-electron chi connectivity index (χ2n) is 15.3. The van der Waals surface area contributed by atoms with Crippen LogP contribution in [0.2, 0.25) is 0 Å². The van der Waals surface area contributed by atoms with Gasteiger partial charge in [0.25, 0.3) is 0 Å². The summed E-state index contributed by atoms with van der Waals surface area (Å²) in [7, 11) is -7.15. The van der Waals surface area contributed by atoms with E-state index in [-0.39, 0.29) is 44.7 Å². The summed E-state index contributed by atoms with van der Waals surface area (Å²) >= 11 is 0. The molecule has 4 unspecified atom stereocenters. The molecule has 0 amide bonds. The Labute approximate surface area is 301 Å². The van der Waals surface area contributed by atoms with E-state index in [0.29, 0.717) is 0 Å². The molecule has 0 aliphatic heterocycles.